The second-order valence-corrected chi connectivity index (χ2v) is 3.79. The number of benzene rings is 1. The van der Waals surface area contributed by atoms with Crippen molar-refractivity contribution in [2.75, 3.05) is 5.73 Å². The number of nitrogens with two attached hydrogens (primary N) is 1. The Bertz CT molecular complexity index is 456. The Morgan fingerprint density at radius 2 is 2.20 bits per heavy atom. The Labute approximate surface area is 95.1 Å². The Balaban J connectivity index is 2.06. The molecule has 0 atom stereocenters. The third-order valence-electron chi connectivity index (χ3n) is 1.90. The zero-order valence-corrected chi connectivity index (χ0v) is 9.40. The van der Waals surface area contributed by atoms with Crippen LogP contribution in [0.5, 0.6) is 5.75 Å². The third kappa shape index (κ3) is 2.30. The van der Waals surface area contributed by atoms with Gasteiger partial charge in [0.15, 0.2) is 0 Å². The van der Waals surface area contributed by atoms with Crippen molar-refractivity contribution in [3.05, 3.63) is 40.5 Å². The maximum absolute atomic E-state index is 5.54. The monoisotopic (exact) mass is 268 g/mol. The van der Waals surface area contributed by atoms with Gasteiger partial charge in [0, 0.05) is 0 Å². The molecule has 0 saturated heterocycles. The molecule has 15 heavy (non-hydrogen) atoms. The zero-order chi connectivity index (χ0) is 10.7. The quantitative estimate of drug-likeness (QED) is 0.930. The second-order valence-electron chi connectivity index (χ2n) is 2.93. The summed E-state index contributed by atoms with van der Waals surface area (Å²) in [5.41, 5.74) is 6.26. The van der Waals surface area contributed by atoms with Crippen LogP contribution in [0.1, 0.15) is 5.56 Å². The van der Waals surface area contributed by atoms with Gasteiger partial charge in [-0.1, -0.05) is 17.3 Å². The highest BCUT2D eigenvalue weighted by Crippen LogP contribution is 2.25. The highest BCUT2D eigenvalue weighted by molar-refractivity contribution is 9.10. The van der Waals surface area contributed by atoms with E-state index in [0.717, 1.165) is 15.8 Å². The second kappa shape index (κ2) is 4.35. The van der Waals surface area contributed by atoms with E-state index in [4.69, 9.17) is 15.0 Å². The van der Waals surface area contributed by atoms with Crippen molar-refractivity contribution in [3.8, 4) is 5.75 Å². The van der Waals surface area contributed by atoms with Crippen molar-refractivity contribution in [1.29, 1.82) is 0 Å². The summed E-state index contributed by atoms with van der Waals surface area (Å²) >= 11 is 3.38. The summed E-state index contributed by atoms with van der Waals surface area (Å²) in [5, 5.41) is 3.56. The molecule has 0 bridgehead atoms. The zero-order valence-electron chi connectivity index (χ0n) is 7.81. The number of para-hydroxylation sites is 1. The van der Waals surface area contributed by atoms with Gasteiger partial charge in [0.2, 0.25) is 5.88 Å². The van der Waals surface area contributed by atoms with Gasteiger partial charge in [-0.2, -0.15) is 0 Å². The molecule has 1 aromatic carbocycles. The predicted molar refractivity (Wildman–Crippen MR) is 59.4 cm³/mol. The normalized spacial score (nSPS) is 10.2. The molecular weight excluding hydrogens is 260 g/mol. The van der Waals surface area contributed by atoms with Crippen LogP contribution in [0.3, 0.4) is 0 Å². The van der Waals surface area contributed by atoms with Crippen molar-refractivity contribution in [2.45, 2.75) is 6.61 Å². The molecule has 1 aromatic heterocycles. The molecule has 0 saturated carbocycles. The lowest BCUT2D eigenvalue weighted by Gasteiger charge is -2.06. The van der Waals surface area contributed by atoms with Crippen LogP contribution < -0.4 is 10.5 Å². The molecule has 5 heteroatoms. The fraction of sp³-hybridized carbons (Fsp3) is 0.100. The summed E-state index contributed by atoms with van der Waals surface area (Å²) in [6.45, 7) is 0.345. The summed E-state index contributed by atoms with van der Waals surface area (Å²) in [4.78, 5) is 0. The maximum Gasteiger partial charge on any atom is 0.228 e. The lowest BCUT2D eigenvalue weighted by atomic mass is 10.3. The number of hydrogen-bond acceptors (Lipinski definition) is 4. The largest absolute Gasteiger partial charge is 0.487 e. The van der Waals surface area contributed by atoms with Crippen LogP contribution in [0.15, 0.2) is 39.5 Å². The number of nitrogens with zero attached hydrogens (tertiary/aromatic N) is 1. The minimum Gasteiger partial charge on any atom is -0.487 e. The fourth-order valence-electron chi connectivity index (χ4n) is 1.09. The van der Waals surface area contributed by atoms with Crippen molar-refractivity contribution in [3.63, 3.8) is 0 Å². The molecule has 78 valence electrons. The maximum atomic E-state index is 5.54. The number of rotatable bonds is 3. The molecule has 2 aromatic rings. The molecule has 1 heterocycles. The Kier molecular flexibility index (Phi) is 2.91. The predicted octanol–water partition coefficient (Wildman–Crippen LogP) is 2.60. The van der Waals surface area contributed by atoms with Crippen molar-refractivity contribution in [2.24, 2.45) is 0 Å². The standard InChI is InChI=1S/C10H9BrN2O2/c11-8-3-1-2-4-9(8)14-6-7-5-13-15-10(7)12/h1-5H,6,12H2. The van der Waals surface area contributed by atoms with E-state index >= 15 is 0 Å². The first-order chi connectivity index (χ1) is 7.27. The van der Waals surface area contributed by atoms with E-state index in [1.807, 2.05) is 24.3 Å². The number of halogens is 1. The Morgan fingerprint density at radius 1 is 1.40 bits per heavy atom. The van der Waals surface area contributed by atoms with E-state index in [0.29, 0.717) is 12.5 Å². The van der Waals surface area contributed by atoms with Crippen LogP contribution >= 0.6 is 15.9 Å². The van der Waals surface area contributed by atoms with Crippen LogP contribution in [-0.2, 0) is 6.61 Å². The van der Waals surface area contributed by atoms with Gasteiger partial charge in [0.25, 0.3) is 0 Å². The van der Waals surface area contributed by atoms with Gasteiger partial charge in [0.1, 0.15) is 12.4 Å². The number of aromatic nitrogens is 1. The van der Waals surface area contributed by atoms with Gasteiger partial charge in [-0.25, -0.2) is 0 Å². The minimum atomic E-state index is 0.294. The van der Waals surface area contributed by atoms with E-state index in [1.54, 1.807) is 6.20 Å². The summed E-state index contributed by atoms with van der Waals surface area (Å²) in [5.74, 6) is 1.06. The van der Waals surface area contributed by atoms with Crippen molar-refractivity contribution in [1.82, 2.24) is 5.16 Å². The lowest BCUT2D eigenvalue weighted by Crippen LogP contribution is -1.97. The Hall–Kier alpha value is -1.49. The van der Waals surface area contributed by atoms with Crippen LogP contribution in [0, 0.1) is 0 Å². The average molecular weight is 269 g/mol. The van der Waals surface area contributed by atoms with E-state index in [-0.39, 0.29) is 0 Å². The summed E-state index contributed by atoms with van der Waals surface area (Å²) in [6.07, 6.45) is 1.55. The summed E-state index contributed by atoms with van der Waals surface area (Å²) in [7, 11) is 0. The molecule has 0 fully saturated rings. The SMILES string of the molecule is Nc1oncc1COc1ccccc1Br. The molecule has 0 spiro atoms. The molecule has 0 aliphatic rings. The minimum absolute atomic E-state index is 0.294. The molecule has 0 amide bonds. The molecule has 4 nitrogen and oxygen atoms in total. The number of hydrogen-bond donors (Lipinski definition) is 1. The lowest BCUT2D eigenvalue weighted by molar-refractivity contribution is 0.304. The Morgan fingerprint density at radius 3 is 2.87 bits per heavy atom. The smallest absolute Gasteiger partial charge is 0.228 e. The van der Waals surface area contributed by atoms with E-state index < -0.39 is 0 Å². The van der Waals surface area contributed by atoms with Gasteiger partial charge in [-0.3, -0.25) is 0 Å². The molecule has 2 rings (SSSR count). The number of ether oxygens (including phenoxy) is 1. The van der Waals surface area contributed by atoms with Crippen LogP contribution in [0.2, 0.25) is 0 Å². The number of anilines is 1. The molecule has 0 aliphatic carbocycles. The molecular formula is C10H9BrN2O2. The fourth-order valence-corrected chi connectivity index (χ4v) is 1.49. The molecule has 2 N–H and O–H groups in total. The molecule has 0 radical (unpaired) electrons. The van der Waals surface area contributed by atoms with Crippen LogP contribution in [0.25, 0.3) is 0 Å². The summed E-state index contributed by atoms with van der Waals surface area (Å²) < 4.78 is 11.2. The highest BCUT2D eigenvalue weighted by Gasteiger charge is 2.05. The van der Waals surface area contributed by atoms with Gasteiger partial charge in [-0.05, 0) is 28.1 Å². The van der Waals surface area contributed by atoms with Crippen molar-refractivity contribution >= 4 is 21.8 Å². The van der Waals surface area contributed by atoms with Gasteiger partial charge < -0.3 is 15.0 Å². The van der Waals surface area contributed by atoms with Crippen molar-refractivity contribution < 1.29 is 9.26 Å². The van der Waals surface area contributed by atoms with E-state index in [2.05, 4.69) is 21.1 Å². The number of nitrogen functional groups attached to an aromatic ring is 1. The topological polar surface area (TPSA) is 61.3 Å². The molecule has 0 unspecified atom stereocenters. The average Bonchev–Trinajstić information content (AvgIpc) is 2.63. The van der Waals surface area contributed by atoms with Crippen LogP contribution in [-0.4, -0.2) is 5.16 Å². The highest BCUT2D eigenvalue weighted by atomic mass is 79.9. The first kappa shape index (κ1) is 10.0. The summed E-state index contributed by atoms with van der Waals surface area (Å²) in [6, 6.07) is 7.60. The van der Waals surface area contributed by atoms with Gasteiger partial charge in [-0.15, -0.1) is 0 Å². The first-order valence-electron chi connectivity index (χ1n) is 4.33. The van der Waals surface area contributed by atoms with Gasteiger partial charge >= 0.3 is 0 Å². The third-order valence-corrected chi connectivity index (χ3v) is 2.55. The molecule has 0 aliphatic heterocycles. The first-order valence-corrected chi connectivity index (χ1v) is 5.13. The van der Waals surface area contributed by atoms with E-state index in [1.165, 1.54) is 0 Å². The van der Waals surface area contributed by atoms with Gasteiger partial charge in [0.05, 0.1) is 16.2 Å². The van der Waals surface area contributed by atoms with E-state index in [9.17, 15) is 0 Å². The van der Waals surface area contributed by atoms with Crippen LogP contribution in [0.4, 0.5) is 5.88 Å².